The molecule has 0 aliphatic carbocycles. The summed E-state index contributed by atoms with van der Waals surface area (Å²) in [7, 11) is 2.06. The first-order valence-corrected chi connectivity index (χ1v) is 6.59. The molecule has 1 aliphatic heterocycles. The molecule has 5 heteroatoms. The van der Waals surface area contributed by atoms with Crippen LogP contribution in [0.25, 0.3) is 11.0 Å². The number of hydrogen-bond acceptors (Lipinski definition) is 4. The van der Waals surface area contributed by atoms with Crippen molar-refractivity contribution in [2.45, 2.75) is 19.9 Å². The molecule has 0 fully saturated rings. The summed E-state index contributed by atoms with van der Waals surface area (Å²) < 4.78 is 10.8. The van der Waals surface area contributed by atoms with Gasteiger partial charge in [0.05, 0.1) is 6.61 Å². The maximum atomic E-state index is 12.0. The number of ether oxygens (including phenoxy) is 1. The fraction of sp³-hybridized carbons (Fsp3) is 0.400. The standard InChI is InChI=1S/C15H17NO3.ClH/c1-3-18-15(17)14-11-9-16(2)8-7-10-5-4-6-12(19-14)13(10)11;/h4-6H,3,7-9H2,1-2H3;1H. The van der Waals surface area contributed by atoms with Gasteiger partial charge < -0.3 is 14.1 Å². The molecule has 0 spiro atoms. The molecular formula is C15H18ClNO3. The van der Waals surface area contributed by atoms with Gasteiger partial charge in [0.15, 0.2) is 0 Å². The van der Waals surface area contributed by atoms with E-state index in [2.05, 4.69) is 18.0 Å². The Kier molecular flexibility index (Phi) is 4.35. The number of nitrogens with zero attached hydrogens (tertiary/aromatic N) is 1. The van der Waals surface area contributed by atoms with E-state index < -0.39 is 0 Å². The molecule has 0 radical (unpaired) electrons. The van der Waals surface area contributed by atoms with Crippen molar-refractivity contribution in [2.75, 3.05) is 20.2 Å². The lowest BCUT2D eigenvalue weighted by atomic mass is 10.0. The third-order valence-corrected chi connectivity index (χ3v) is 3.55. The molecule has 1 aromatic heterocycles. The molecule has 3 rings (SSSR count). The fourth-order valence-electron chi connectivity index (χ4n) is 2.67. The van der Waals surface area contributed by atoms with E-state index in [-0.39, 0.29) is 18.4 Å². The second-order valence-electron chi connectivity index (χ2n) is 4.91. The molecule has 20 heavy (non-hydrogen) atoms. The molecule has 0 N–H and O–H groups in total. The molecule has 1 aliphatic rings. The van der Waals surface area contributed by atoms with E-state index >= 15 is 0 Å². The third-order valence-electron chi connectivity index (χ3n) is 3.55. The van der Waals surface area contributed by atoms with Crippen molar-refractivity contribution in [3.63, 3.8) is 0 Å². The van der Waals surface area contributed by atoms with Gasteiger partial charge in [-0.05, 0) is 32.0 Å². The zero-order valence-corrected chi connectivity index (χ0v) is 12.5. The Labute approximate surface area is 124 Å². The van der Waals surface area contributed by atoms with Gasteiger partial charge in [-0.15, -0.1) is 12.4 Å². The maximum absolute atomic E-state index is 12.0. The number of rotatable bonds is 2. The Morgan fingerprint density at radius 3 is 3.00 bits per heavy atom. The molecular weight excluding hydrogens is 278 g/mol. The molecule has 4 nitrogen and oxygen atoms in total. The van der Waals surface area contributed by atoms with Gasteiger partial charge in [0.1, 0.15) is 5.58 Å². The summed E-state index contributed by atoms with van der Waals surface area (Å²) in [6.07, 6.45) is 0.975. The Hall–Kier alpha value is -1.52. The molecule has 0 saturated heterocycles. The summed E-state index contributed by atoms with van der Waals surface area (Å²) in [6, 6.07) is 6.00. The lowest BCUT2D eigenvalue weighted by Gasteiger charge is -2.13. The average molecular weight is 296 g/mol. The number of carbonyl (C=O) groups is 1. The summed E-state index contributed by atoms with van der Waals surface area (Å²) in [4.78, 5) is 14.2. The van der Waals surface area contributed by atoms with Gasteiger partial charge in [-0.3, -0.25) is 0 Å². The van der Waals surface area contributed by atoms with Gasteiger partial charge >= 0.3 is 5.97 Å². The van der Waals surface area contributed by atoms with Crippen molar-refractivity contribution in [1.82, 2.24) is 4.90 Å². The van der Waals surface area contributed by atoms with Crippen molar-refractivity contribution in [3.8, 4) is 0 Å². The summed E-state index contributed by atoms with van der Waals surface area (Å²) in [6.45, 7) is 3.86. The van der Waals surface area contributed by atoms with E-state index in [9.17, 15) is 4.79 Å². The van der Waals surface area contributed by atoms with Crippen LogP contribution in [0.15, 0.2) is 22.6 Å². The Balaban J connectivity index is 0.00000147. The number of halogens is 1. The van der Waals surface area contributed by atoms with Gasteiger partial charge in [-0.1, -0.05) is 12.1 Å². The number of hydrogen-bond donors (Lipinski definition) is 0. The van der Waals surface area contributed by atoms with Crippen LogP contribution in [0, 0.1) is 0 Å². The summed E-state index contributed by atoms with van der Waals surface area (Å²) in [5.74, 6) is -0.00648. The van der Waals surface area contributed by atoms with Crippen LogP contribution in [0.4, 0.5) is 0 Å². The van der Waals surface area contributed by atoms with Crippen molar-refractivity contribution in [2.24, 2.45) is 0 Å². The highest BCUT2D eigenvalue weighted by atomic mass is 35.5. The van der Waals surface area contributed by atoms with Crippen molar-refractivity contribution in [3.05, 3.63) is 35.1 Å². The Morgan fingerprint density at radius 2 is 2.25 bits per heavy atom. The van der Waals surface area contributed by atoms with E-state index in [0.29, 0.717) is 12.4 Å². The minimum atomic E-state index is -0.366. The molecule has 1 aromatic carbocycles. The van der Waals surface area contributed by atoms with Crippen molar-refractivity contribution < 1.29 is 13.9 Å². The summed E-state index contributed by atoms with van der Waals surface area (Å²) in [5, 5.41) is 1.09. The van der Waals surface area contributed by atoms with Gasteiger partial charge in [0, 0.05) is 24.0 Å². The molecule has 108 valence electrons. The van der Waals surface area contributed by atoms with Crippen molar-refractivity contribution >= 4 is 29.3 Å². The van der Waals surface area contributed by atoms with Gasteiger partial charge in [0.25, 0.3) is 0 Å². The normalized spacial score (nSPS) is 14.7. The smallest absolute Gasteiger partial charge is 0.374 e. The van der Waals surface area contributed by atoms with E-state index in [1.165, 1.54) is 5.56 Å². The quantitative estimate of drug-likeness (QED) is 0.799. The molecule has 0 unspecified atom stereocenters. The number of esters is 1. The number of furan rings is 1. The summed E-state index contributed by atoms with van der Waals surface area (Å²) in [5.41, 5.74) is 2.99. The average Bonchev–Trinajstić information content (AvgIpc) is 2.66. The van der Waals surface area contributed by atoms with Gasteiger partial charge in [0.2, 0.25) is 5.76 Å². The highest BCUT2D eigenvalue weighted by molar-refractivity contribution is 5.97. The van der Waals surface area contributed by atoms with E-state index in [0.717, 1.165) is 36.0 Å². The first kappa shape index (κ1) is 14.9. The van der Waals surface area contributed by atoms with Crippen LogP contribution in [-0.2, 0) is 17.7 Å². The largest absolute Gasteiger partial charge is 0.460 e. The molecule has 2 heterocycles. The lowest BCUT2D eigenvalue weighted by molar-refractivity contribution is 0.0489. The third kappa shape index (κ3) is 2.41. The first-order valence-electron chi connectivity index (χ1n) is 6.59. The minimum Gasteiger partial charge on any atom is -0.460 e. The Morgan fingerprint density at radius 1 is 1.45 bits per heavy atom. The number of carbonyl (C=O) groups excluding carboxylic acids is 1. The first-order chi connectivity index (χ1) is 9.20. The monoisotopic (exact) mass is 295 g/mol. The Bertz CT molecular complexity index is 635. The molecule has 0 bridgehead atoms. The number of benzene rings is 1. The molecule has 0 atom stereocenters. The van der Waals surface area contributed by atoms with E-state index in [1.54, 1.807) is 6.92 Å². The van der Waals surface area contributed by atoms with E-state index in [1.807, 2.05) is 12.1 Å². The zero-order chi connectivity index (χ0) is 13.4. The van der Waals surface area contributed by atoms with Gasteiger partial charge in [-0.25, -0.2) is 4.79 Å². The topological polar surface area (TPSA) is 42.7 Å². The second kappa shape index (κ2) is 5.85. The zero-order valence-electron chi connectivity index (χ0n) is 11.6. The summed E-state index contributed by atoms with van der Waals surface area (Å²) >= 11 is 0. The van der Waals surface area contributed by atoms with Gasteiger partial charge in [-0.2, -0.15) is 0 Å². The lowest BCUT2D eigenvalue weighted by Crippen LogP contribution is -2.19. The molecule has 0 amide bonds. The minimum absolute atomic E-state index is 0. The molecule has 0 saturated carbocycles. The fourth-order valence-corrected chi connectivity index (χ4v) is 2.67. The predicted octanol–water partition coefficient (Wildman–Crippen LogP) is 3.02. The highest BCUT2D eigenvalue weighted by Gasteiger charge is 2.25. The molecule has 2 aromatic rings. The van der Waals surface area contributed by atoms with Crippen molar-refractivity contribution in [1.29, 1.82) is 0 Å². The van der Waals surface area contributed by atoms with Crippen LogP contribution in [0.5, 0.6) is 0 Å². The van der Waals surface area contributed by atoms with Crippen LogP contribution in [0.1, 0.15) is 28.6 Å². The SMILES string of the molecule is CCOC(=O)c1oc2cccc3c2c1CN(C)CC3.Cl. The van der Waals surface area contributed by atoms with Crippen LogP contribution in [0.3, 0.4) is 0 Å². The van der Waals surface area contributed by atoms with Crippen LogP contribution in [-0.4, -0.2) is 31.1 Å². The van der Waals surface area contributed by atoms with Crippen LogP contribution in [0.2, 0.25) is 0 Å². The number of likely N-dealkylation sites (N-methyl/N-ethyl adjacent to an activating group) is 1. The maximum Gasteiger partial charge on any atom is 0.374 e. The highest BCUT2D eigenvalue weighted by Crippen LogP contribution is 2.32. The predicted molar refractivity (Wildman–Crippen MR) is 79.5 cm³/mol. The van der Waals surface area contributed by atoms with E-state index in [4.69, 9.17) is 9.15 Å². The van der Waals surface area contributed by atoms with Crippen LogP contribution >= 0.6 is 12.4 Å². The van der Waals surface area contributed by atoms with Crippen LogP contribution < -0.4 is 0 Å². The second-order valence-corrected chi connectivity index (χ2v) is 4.91.